The van der Waals surface area contributed by atoms with E-state index in [1.807, 2.05) is 0 Å². The molecule has 0 bridgehead atoms. The lowest BCUT2D eigenvalue weighted by Gasteiger charge is -2.42. The van der Waals surface area contributed by atoms with E-state index in [-0.39, 0.29) is 5.41 Å². The maximum Gasteiger partial charge on any atom is 0.0742 e. The Morgan fingerprint density at radius 3 is 1.54 bits per heavy atom. The molecule has 2 aliphatic rings. The first-order chi connectivity index (χ1) is 33.0. The van der Waals surface area contributed by atoms with Crippen molar-refractivity contribution in [2.45, 2.75) is 24.7 Å². The van der Waals surface area contributed by atoms with E-state index in [4.69, 9.17) is 0 Å². The van der Waals surface area contributed by atoms with Gasteiger partial charge in [-0.3, -0.25) is 0 Å². The van der Waals surface area contributed by atoms with Crippen molar-refractivity contribution in [2.75, 3.05) is 9.80 Å². The molecule has 0 unspecified atom stereocenters. The molecule has 3 nitrogen and oxygen atoms in total. The van der Waals surface area contributed by atoms with Gasteiger partial charge in [0.2, 0.25) is 0 Å². The van der Waals surface area contributed by atoms with Crippen LogP contribution in [-0.2, 0) is 10.8 Å². The molecule has 0 saturated carbocycles. The van der Waals surface area contributed by atoms with Gasteiger partial charge in [0.15, 0.2) is 0 Å². The van der Waals surface area contributed by atoms with Gasteiger partial charge in [-0.15, -0.1) is 0 Å². The molecule has 0 amide bonds. The van der Waals surface area contributed by atoms with Crippen molar-refractivity contribution in [2.24, 2.45) is 0 Å². The van der Waals surface area contributed by atoms with Crippen molar-refractivity contribution in [3.63, 3.8) is 0 Å². The molecular weight excluding hydrogens is 811 g/mol. The fourth-order valence-electron chi connectivity index (χ4n) is 11.6. The third-order valence-electron chi connectivity index (χ3n) is 14.6. The molecule has 1 aromatic heterocycles. The summed E-state index contributed by atoms with van der Waals surface area (Å²) in [4.78, 5) is 4.81. The van der Waals surface area contributed by atoms with E-state index in [0.29, 0.717) is 0 Å². The van der Waals surface area contributed by atoms with Gasteiger partial charge < -0.3 is 14.4 Å². The minimum Gasteiger partial charge on any atom is -0.311 e. The molecule has 0 atom stereocenters. The number of nitrogens with zero attached hydrogens (tertiary/aromatic N) is 3. The molecular formula is C64H47N3. The van der Waals surface area contributed by atoms with Gasteiger partial charge in [0.25, 0.3) is 0 Å². The van der Waals surface area contributed by atoms with E-state index in [2.05, 4.69) is 277 Å². The Bertz CT molecular complexity index is 3570. The highest BCUT2D eigenvalue weighted by atomic mass is 15.2. The summed E-state index contributed by atoms with van der Waals surface area (Å²) in [6.45, 7) is 4.76. The molecule has 11 aromatic rings. The Kier molecular flexibility index (Phi) is 8.78. The van der Waals surface area contributed by atoms with Crippen LogP contribution in [0.25, 0.3) is 38.6 Å². The molecule has 3 heteroatoms. The Morgan fingerprint density at radius 1 is 0.358 bits per heavy atom. The first-order valence-electron chi connectivity index (χ1n) is 23.4. The summed E-state index contributed by atoms with van der Waals surface area (Å²) >= 11 is 0. The quantitative estimate of drug-likeness (QED) is 0.158. The lowest BCUT2D eigenvalue weighted by atomic mass is 9.63. The Morgan fingerprint density at radius 2 is 0.881 bits per heavy atom. The van der Waals surface area contributed by atoms with Gasteiger partial charge in [-0.2, -0.15) is 0 Å². The van der Waals surface area contributed by atoms with E-state index < -0.39 is 5.41 Å². The first-order valence-corrected chi connectivity index (χ1v) is 23.4. The maximum atomic E-state index is 2.53. The molecule has 0 aliphatic carbocycles. The van der Waals surface area contributed by atoms with Crippen molar-refractivity contribution in [1.29, 1.82) is 0 Å². The number of aromatic nitrogens is 1. The number of hydrogen-bond acceptors (Lipinski definition) is 2. The zero-order chi connectivity index (χ0) is 44.7. The standard InChI is InChI=1S/C64H47N3/c1-63(2)54-29-15-17-32-59(54)66(61-40-36-45(42-57(61)63)44-34-37-50(38-35-44)65(48-24-11-5-12-25-48)49-26-13-6-14-27-49)51-39-41-58-53(43-51)52-28-19-31-56-62(52)67(58)60-33-18-16-30-55(60)64(56,46-20-7-3-8-21-46)47-22-9-4-10-23-47/h3-43H,1-2H3. The molecule has 0 radical (unpaired) electrons. The fourth-order valence-corrected chi connectivity index (χ4v) is 11.6. The normalized spacial score (nSPS) is 14.0. The summed E-state index contributed by atoms with van der Waals surface area (Å²) in [7, 11) is 0. The van der Waals surface area contributed by atoms with Crippen molar-refractivity contribution >= 4 is 55.9 Å². The Balaban J connectivity index is 0.970. The predicted molar refractivity (Wildman–Crippen MR) is 280 cm³/mol. The van der Waals surface area contributed by atoms with E-state index in [0.717, 1.165) is 22.7 Å². The molecule has 13 rings (SSSR count). The van der Waals surface area contributed by atoms with Crippen LogP contribution in [0.15, 0.2) is 249 Å². The minimum atomic E-state index is -0.511. The van der Waals surface area contributed by atoms with Gasteiger partial charge in [0.05, 0.1) is 33.5 Å². The molecule has 0 fully saturated rings. The molecule has 318 valence electrons. The Hall–Kier alpha value is -8.40. The van der Waals surface area contributed by atoms with Crippen molar-refractivity contribution in [1.82, 2.24) is 4.57 Å². The van der Waals surface area contributed by atoms with Gasteiger partial charge in [0, 0.05) is 38.9 Å². The smallest absolute Gasteiger partial charge is 0.0742 e. The predicted octanol–water partition coefficient (Wildman–Crippen LogP) is 16.7. The monoisotopic (exact) mass is 857 g/mol. The number of para-hydroxylation sites is 5. The van der Waals surface area contributed by atoms with Crippen LogP contribution < -0.4 is 9.80 Å². The largest absolute Gasteiger partial charge is 0.311 e. The van der Waals surface area contributed by atoms with Gasteiger partial charge in [0.1, 0.15) is 0 Å². The van der Waals surface area contributed by atoms with Gasteiger partial charge in [-0.05, 0) is 123 Å². The summed E-state index contributed by atoms with van der Waals surface area (Å²) in [5, 5.41) is 2.49. The van der Waals surface area contributed by atoms with E-state index in [1.165, 1.54) is 83.4 Å². The summed E-state index contributed by atoms with van der Waals surface area (Å²) in [6.07, 6.45) is 0. The number of rotatable bonds is 7. The summed E-state index contributed by atoms with van der Waals surface area (Å²) < 4.78 is 2.53. The van der Waals surface area contributed by atoms with Crippen LogP contribution in [0, 0.1) is 0 Å². The maximum absolute atomic E-state index is 2.53. The lowest BCUT2D eigenvalue weighted by molar-refractivity contribution is 0.632. The average Bonchev–Trinajstić information content (AvgIpc) is 3.73. The van der Waals surface area contributed by atoms with Crippen LogP contribution in [0.4, 0.5) is 34.1 Å². The SMILES string of the molecule is CC1(C)c2ccccc2N(c2ccc3c(c2)c2cccc4c2n3-c2ccccc2C4(c2ccccc2)c2ccccc2)c2ccc(-c3ccc(N(c4ccccc4)c4ccccc4)cc3)cc21. The van der Waals surface area contributed by atoms with Crippen LogP contribution in [0.5, 0.6) is 0 Å². The molecule has 67 heavy (non-hydrogen) atoms. The summed E-state index contributed by atoms with van der Waals surface area (Å²) in [5.74, 6) is 0. The number of hydrogen-bond donors (Lipinski definition) is 0. The van der Waals surface area contributed by atoms with E-state index in [9.17, 15) is 0 Å². The molecule has 2 aliphatic heterocycles. The van der Waals surface area contributed by atoms with Crippen molar-refractivity contribution in [3.05, 3.63) is 282 Å². The molecule has 0 N–H and O–H groups in total. The average molecular weight is 858 g/mol. The Labute approximate surface area is 392 Å². The highest BCUT2D eigenvalue weighted by Crippen LogP contribution is 2.56. The van der Waals surface area contributed by atoms with Crippen molar-refractivity contribution in [3.8, 4) is 16.8 Å². The number of anilines is 6. The molecule has 0 spiro atoms. The van der Waals surface area contributed by atoms with Gasteiger partial charge in [-0.1, -0.05) is 184 Å². The van der Waals surface area contributed by atoms with Crippen LogP contribution in [0.1, 0.15) is 47.2 Å². The zero-order valence-corrected chi connectivity index (χ0v) is 37.5. The van der Waals surface area contributed by atoms with Crippen LogP contribution in [0.3, 0.4) is 0 Å². The number of benzene rings is 10. The second kappa shape index (κ2) is 15.1. The van der Waals surface area contributed by atoms with Crippen LogP contribution in [-0.4, -0.2) is 4.57 Å². The second-order valence-corrected chi connectivity index (χ2v) is 18.5. The van der Waals surface area contributed by atoms with E-state index in [1.54, 1.807) is 0 Å². The van der Waals surface area contributed by atoms with Gasteiger partial charge in [-0.25, -0.2) is 0 Å². The fraction of sp³-hybridized carbons (Fsp3) is 0.0625. The van der Waals surface area contributed by atoms with Crippen molar-refractivity contribution < 1.29 is 0 Å². The first kappa shape index (κ1) is 39.0. The third kappa shape index (κ3) is 5.77. The van der Waals surface area contributed by atoms with Crippen LogP contribution in [0.2, 0.25) is 0 Å². The lowest BCUT2D eigenvalue weighted by Crippen LogP contribution is -2.35. The molecule has 3 heterocycles. The second-order valence-electron chi connectivity index (χ2n) is 18.5. The van der Waals surface area contributed by atoms with Gasteiger partial charge >= 0.3 is 0 Å². The molecule has 10 aromatic carbocycles. The summed E-state index contributed by atoms with van der Waals surface area (Å²) in [6, 6.07) is 91.6. The topological polar surface area (TPSA) is 11.4 Å². The molecule has 0 saturated heterocycles. The minimum absolute atomic E-state index is 0.245. The van der Waals surface area contributed by atoms with E-state index >= 15 is 0 Å². The highest BCUT2D eigenvalue weighted by molar-refractivity contribution is 6.13. The third-order valence-corrected chi connectivity index (χ3v) is 14.6. The highest BCUT2D eigenvalue weighted by Gasteiger charge is 2.45. The zero-order valence-electron chi connectivity index (χ0n) is 37.5. The van der Waals surface area contributed by atoms with Crippen LogP contribution >= 0.6 is 0 Å². The summed E-state index contributed by atoms with van der Waals surface area (Å²) in [5.41, 5.74) is 20.0. The number of fused-ring (bicyclic) bond motifs is 7.